The minimum atomic E-state index is -3.60. The second-order valence-corrected chi connectivity index (χ2v) is 7.35. The molecule has 0 bridgehead atoms. The highest BCUT2D eigenvalue weighted by Crippen LogP contribution is 2.29. The smallest absolute Gasteiger partial charge is 0.325 e. The van der Waals surface area contributed by atoms with Gasteiger partial charge in [-0.25, -0.2) is 8.42 Å². The van der Waals surface area contributed by atoms with Crippen LogP contribution in [-0.2, 0) is 21.4 Å². The van der Waals surface area contributed by atoms with E-state index < -0.39 is 16.0 Å². The van der Waals surface area contributed by atoms with Gasteiger partial charge in [0.25, 0.3) is 0 Å². The third-order valence-electron chi connectivity index (χ3n) is 4.02. The molecule has 0 radical (unpaired) electrons. The molecule has 1 aromatic rings. The molecule has 8 heteroatoms. The Morgan fingerprint density at radius 1 is 1.43 bits per heavy atom. The highest BCUT2D eigenvalue weighted by molar-refractivity contribution is 7.89. The lowest BCUT2D eigenvalue weighted by Gasteiger charge is -2.16. The Morgan fingerprint density at radius 2 is 2.10 bits per heavy atom. The van der Waals surface area contributed by atoms with Crippen LogP contribution in [0.15, 0.2) is 4.90 Å². The summed E-state index contributed by atoms with van der Waals surface area (Å²) in [5, 5.41) is 12.9. The Kier molecular flexibility index (Phi) is 4.38. The molecule has 0 spiro atoms. The van der Waals surface area contributed by atoms with Gasteiger partial charge in [-0.05, 0) is 26.2 Å². The highest BCUT2D eigenvalue weighted by Gasteiger charge is 2.35. The molecule has 0 aliphatic carbocycles. The van der Waals surface area contributed by atoms with E-state index in [0.29, 0.717) is 30.4 Å². The molecular formula is C13H21N3O4S. The van der Waals surface area contributed by atoms with Crippen LogP contribution in [0.25, 0.3) is 0 Å². The Hall–Kier alpha value is -1.41. The molecule has 1 fully saturated rings. The first-order valence-electron chi connectivity index (χ1n) is 7.03. The van der Waals surface area contributed by atoms with Gasteiger partial charge < -0.3 is 5.11 Å². The lowest BCUT2D eigenvalue weighted by molar-refractivity contribution is -0.137. The molecule has 1 aliphatic heterocycles. The van der Waals surface area contributed by atoms with E-state index in [1.807, 2.05) is 0 Å². The summed E-state index contributed by atoms with van der Waals surface area (Å²) < 4.78 is 28.2. The van der Waals surface area contributed by atoms with Crippen molar-refractivity contribution in [2.45, 2.75) is 45.1 Å². The Balaban J connectivity index is 2.37. The minimum absolute atomic E-state index is 0.153. The molecule has 2 heterocycles. The third-order valence-corrected chi connectivity index (χ3v) is 6.14. The summed E-state index contributed by atoms with van der Waals surface area (Å²) in [6.45, 7) is 5.97. The molecule has 1 atom stereocenters. The number of sulfonamides is 1. The van der Waals surface area contributed by atoms with Crippen molar-refractivity contribution in [3.05, 3.63) is 11.4 Å². The normalized spacial score (nSPS) is 20.0. The summed E-state index contributed by atoms with van der Waals surface area (Å²) in [7, 11) is -3.60. The van der Waals surface area contributed by atoms with Gasteiger partial charge in [-0.3, -0.25) is 9.48 Å². The van der Waals surface area contributed by atoms with Gasteiger partial charge in [-0.15, -0.1) is 0 Å². The van der Waals surface area contributed by atoms with Crippen molar-refractivity contribution in [2.24, 2.45) is 5.92 Å². The molecule has 7 nitrogen and oxygen atoms in total. The van der Waals surface area contributed by atoms with Crippen LogP contribution < -0.4 is 0 Å². The second kappa shape index (κ2) is 5.76. The zero-order valence-corrected chi connectivity index (χ0v) is 13.4. The largest absolute Gasteiger partial charge is 0.480 e. The molecule has 1 aromatic heterocycles. The second-order valence-electron chi connectivity index (χ2n) is 5.48. The van der Waals surface area contributed by atoms with Gasteiger partial charge >= 0.3 is 5.97 Å². The molecule has 0 aromatic carbocycles. The Bertz CT molecular complexity index is 651. The van der Waals surface area contributed by atoms with E-state index in [9.17, 15) is 13.2 Å². The number of nitrogens with zero attached hydrogens (tertiary/aromatic N) is 3. The average molecular weight is 315 g/mol. The van der Waals surface area contributed by atoms with Gasteiger partial charge in [0.2, 0.25) is 10.0 Å². The van der Waals surface area contributed by atoms with Crippen molar-refractivity contribution in [3.8, 4) is 0 Å². The van der Waals surface area contributed by atoms with Crippen LogP contribution >= 0.6 is 0 Å². The maximum absolute atomic E-state index is 12.8. The Labute approximate surface area is 124 Å². The summed E-state index contributed by atoms with van der Waals surface area (Å²) in [6.07, 6.45) is 1.83. The highest BCUT2D eigenvalue weighted by atomic mass is 32.2. The molecular weight excluding hydrogens is 294 g/mol. The molecule has 21 heavy (non-hydrogen) atoms. The van der Waals surface area contributed by atoms with E-state index in [-0.39, 0.29) is 11.4 Å². The molecule has 0 saturated carbocycles. The van der Waals surface area contributed by atoms with E-state index >= 15 is 0 Å². The minimum Gasteiger partial charge on any atom is -0.480 e. The third kappa shape index (κ3) is 2.96. The van der Waals surface area contributed by atoms with Gasteiger partial charge in [0.15, 0.2) is 0 Å². The van der Waals surface area contributed by atoms with Crippen LogP contribution in [0.3, 0.4) is 0 Å². The lowest BCUT2D eigenvalue weighted by atomic mass is 10.1. The number of aryl methyl sites for hydroxylation is 1. The molecule has 1 unspecified atom stereocenters. The van der Waals surface area contributed by atoms with Crippen molar-refractivity contribution in [1.82, 2.24) is 14.1 Å². The van der Waals surface area contributed by atoms with E-state index in [0.717, 1.165) is 12.8 Å². The summed E-state index contributed by atoms with van der Waals surface area (Å²) >= 11 is 0. The first-order valence-corrected chi connectivity index (χ1v) is 8.47. The average Bonchev–Trinajstić information content (AvgIpc) is 2.95. The predicted octanol–water partition coefficient (Wildman–Crippen LogP) is 1.01. The molecule has 2 rings (SSSR count). The van der Waals surface area contributed by atoms with Crippen molar-refractivity contribution in [2.75, 3.05) is 13.1 Å². The van der Waals surface area contributed by atoms with Gasteiger partial charge in [0.05, 0.1) is 11.4 Å². The molecule has 1 N–H and O–H groups in total. The molecule has 118 valence electrons. The number of hydrogen-bond donors (Lipinski definition) is 1. The number of carboxylic acid groups (broad SMARTS) is 1. The van der Waals surface area contributed by atoms with E-state index in [4.69, 9.17) is 5.11 Å². The number of carboxylic acids is 1. The van der Waals surface area contributed by atoms with Crippen LogP contribution in [0.5, 0.6) is 0 Å². The van der Waals surface area contributed by atoms with Crippen molar-refractivity contribution >= 4 is 16.0 Å². The fourth-order valence-corrected chi connectivity index (χ4v) is 4.72. The number of aromatic nitrogens is 2. The number of rotatable bonds is 5. The van der Waals surface area contributed by atoms with Gasteiger partial charge in [0.1, 0.15) is 11.4 Å². The first-order chi connectivity index (χ1) is 9.77. The number of carbonyl (C=O) groups is 1. The molecule has 1 saturated heterocycles. The van der Waals surface area contributed by atoms with Gasteiger partial charge in [-0.1, -0.05) is 13.3 Å². The first kappa shape index (κ1) is 16.0. The fraction of sp³-hybridized carbons (Fsp3) is 0.692. The number of aliphatic carboxylic acids is 1. The molecule has 0 amide bonds. The maximum Gasteiger partial charge on any atom is 0.325 e. The summed E-state index contributed by atoms with van der Waals surface area (Å²) in [5.74, 6) is -0.647. The van der Waals surface area contributed by atoms with Gasteiger partial charge in [0, 0.05) is 13.1 Å². The number of hydrogen-bond acceptors (Lipinski definition) is 4. The quantitative estimate of drug-likeness (QED) is 0.875. The Morgan fingerprint density at radius 3 is 2.62 bits per heavy atom. The summed E-state index contributed by atoms with van der Waals surface area (Å²) in [5.41, 5.74) is 0.739. The fourth-order valence-electron chi connectivity index (χ4n) is 2.81. The predicted molar refractivity (Wildman–Crippen MR) is 76.5 cm³/mol. The topological polar surface area (TPSA) is 92.5 Å². The van der Waals surface area contributed by atoms with Crippen LogP contribution in [0.4, 0.5) is 0 Å². The monoisotopic (exact) mass is 315 g/mol. The van der Waals surface area contributed by atoms with Crippen LogP contribution in [0.2, 0.25) is 0 Å². The van der Waals surface area contributed by atoms with Crippen LogP contribution in [0, 0.1) is 19.8 Å². The van der Waals surface area contributed by atoms with Crippen LogP contribution in [0.1, 0.15) is 31.2 Å². The standard InChI is InChI=1S/C13H21N3O4S/c1-4-11-5-6-15(7-11)21(19,20)13-9(2)14-16(10(13)3)8-12(17)18/h11H,4-8H2,1-3H3,(H,17,18). The van der Waals surface area contributed by atoms with Crippen molar-refractivity contribution in [1.29, 1.82) is 0 Å². The zero-order chi connectivity index (χ0) is 15.8. The van der Waals surface area contributed by atoms with E-state index in [1.165, 1.54) is 8.99 Å². The lowest BCUT2D eigenvalue weighted by Crippen LogP contribution is -2.29. The maximum atomic E-state index is 12.8. The summed E-state index contributed by atoms with van der Waals surface area (Å²) in [4.78, 5) is 11.0. The van der Waals surface area contributed by atoms with Crippen LogP contribution in [-0.4, -0.2) is 46.7 Å². The van der Waals surface area contributed by atoms with Crippen molar-refractivity contribution < 1.29 is 18.3 Å². The summed E-state index contributed by atoms with van der Waals surface area (Å²) in [6, 6.07) is 0. The zero-order valence-electron chi connectivity index (χ0n) is 12.5. The molecule has 1 aliphatic rings. The van der Waals surface area contributed by atoms with Crippen molar-refractivity contribution in [3.63, 3.8) is 0 Å². The van der Waals surface area contributed by atoms with E-state index in [2.05, 4.69) is 12.0 Å². The van der Waals surface area contributed by atoms with Gasteiger partial charge in [-0.2, -0.15) is 9.40 Å². The van der Waals surface area contributed by atoms with E-state index in [1.54, 1.807) is 13.8 Å². The SMILES string of the molecule is CCC1CCN(S(=O)(=O)c2c(C)nn(CC(=O)O)c2C)C1.